The summed E-state index contributed by atoms with van der Waals surface area (Å²) in [5.74, 6) is -0.237. The second-order valence-corrected chi connectivity index (χ2v) is 6.90. The van der Waals surface area contributed by atoms with Gasteiger partial charge in [-0.25, -0.2) is 4.79 Å². The molecule has 1 atom stereocenters. The minimum atomic E-state index is -0.314. The molecule has 0 aromatic heterocycles. The van der Waals surface area contributed by atoms with E-state index in [1.54, 1.807) is 0 Å². The van der Waals surface area contributed by atoms with Gasteiger partial charge in [-0.15, -0.1) is 6.58 Å². The molecule has 0 radical (unpaired) electrons. The van der Waals surface area contributed by atoms with Crippen LogP contribution < -0.4 is 0 Å². The number of hydrogen-bond acceptors (Lipinski definition) is 3. The summed E-state index contributed by atoms with van der Waals surface area (Å²) in [6, 6.07) is 0. The average molecular weight is 337 g/mol. The topological polar surface area (TPSA) is 46.5 Å². The number of cyclic esters (lactones) is 1. The Labute approximate surface area is 148 Å². The van der Waals surface area contributed by atoms with Gasteiger partial charge in [0.05, 0.1) is 6.61 Å². The number of unbranched alkanes of at least 4 members (excludes halogenated alkanes) is 12. The predicted octanol–water partition coefficient (Wildman–Crippen LogP) is 5.48. The lowest BCUT2D eigenvalue weighted by atomic mass is 10.0. The molecule has 3 nitrogen and oxygen atoms in total. The van der Waals surface area contributed by atoms with Crippen LogP contribution in [0.5, 0.6) is 0 Å². The van der Waals surface area contributed by atoms with Crippen molar-refractivity contribution in [3.63, 3.8) is 0 Å². The van der Waals surface area contributed by atoms with E-state index in [-0.39, 0.29) is 18.7 Å². The van der Waals surface area contributed by atoms with Gasteiger partial charge in [-0.1, -0.05) is 69.9 Å². The van der Waals surface area contributed by atoms with Gasteiger partial charge in [0, 0.05) is 12.0 Å². The quantitative estimate of drug-likeness (QED) is 0.186. The minimum Gasteiger partial charge on any atom is -0.456 e. The van der Waals surface area contributed by atoms with E-state index in [0.29, 0.717) is 6.42 Å². The maximum atomic E-state index is 11.5. The number of aliphatic hydroxyl groups is 1. The van der Waals surface area contributed by atoms with Crippen LogP contribution in [0.3, 0.4) is 0 Å². The number of aliphatic hydroxyl groups excluding tert-OH is 1. The highest BCUT2D eigenvalue weighted by Gasteiger charge is 2.27. The van der Waals surface area contributed by atoms with E-state index in [0.717, 1.165) is 18.4 Å². The van der Waals surface area contributed by atoms with E-state index in [1.807, 2.05) is 12.2 Å². The molecule has 1 rings (SSSR count). The SMILES string of the molecule is C=CCCCCCCCCCCCCC/C=C1/C[C@H](CO)OC1=O. The molecule has 0 aromatic rings. The molecule has 1 aliphatic rings. The highest BCUT2D eigenvalue weighted by Crippen LogP contribution is 2.21. The number of esters is 1. The van der Waals surface area contributed by atoms with Gasteiger partial charge >= 0.3 is 5.97 Å². The third-order valence-corrected chi connectivity index (χ3v) is 4.69. The zero-order valence-corrected chi connectivity index (χ0v) is 15.3. The maximum absolute atomic E-state index is 11.5. The normalized spacial score (nSPS) is 19.0. The Bertz CT molecular complexity index is 373. The van der Waals surface area contributed by atoms with E-state index in [9.17, 15) is 4.79 Å². The second kappa shape index (κ2) is 14.3. The Kier molecular flexibility index (Phi) is 12.5. The highest BCUT2D eigenvalue weighted by molar-refractivity contribution is 5.90. The van der Waals surface area contributed by atoms with Gasteiger partial charge in [-0.05, 0) is 25.7 Å². The third kappa shape index (κ3) is 9.92. The molecule has 0 saturated carbocycles. The van der Waals surface area contributed by atoms with Gasteiger partial charge in [0.15, 0.2) is 0 Å². The fourth-order valence-electron chi connectivity index (χ4n) is 3.17. The lowest BCUT2D eigenvalue weighted by Gasteiger charge is -2.02. The first kappa shape index (κ1) is 21.0. The van der Waals surface area contributed by atoms with Gasteiger partial charge in [-0.3, -0.25) is 0 Å². The number of carbonyl (C=O) groups is 1. The van der Waals surface area contributed by atoms with Crippen LogP contribution in [-0.2, 0) is 9.53 Å². The van der Waals surface area contributed by atoms with Crippen LogP contribution in [0, 0.1) is 0 Å². The molecule has 3 heteroatoms. The largest absolute Gasteiger partial charge is 0.456 e. The van der Waals surface area contributed by atoms with Crippen LogP contribution in [0.25, 0.3) is 0 Å². The summed E-state index contributed by atoms with van der Waals surface area (Å²) in [7, 11) is 0. The maximum Gasteiger partial charge on any atom is 0.334 e. The van der Waals surface area contributed by atoms with Crippen LogP contribution in [0.15, 0.2) is 24.3 Å². The standard InChI is InChI=1S/C21H36O3/c1-2-3-4-5-6-7-8-9-10-11-12-13-14-15-16-19-17-20(18-22)24-21(19)23/h2,16,20,22H,1,3-15,17-18H2/b19-16-/t20-/m1/s1. The zero-order valence-electron chi connectivity index (χ0n) is 15.3. The van der Waals surface area contributed by atoms with Gasteiger partial charge in [0.2, 0.25) is 0 Å². The first-order chi connectivity index (χ1) is 11.8. The van der Waals surface area contributed by atoms with Gasteiger partial charge in [0.25, 0.3) is 0 Å². The van der Waals surface area contributed by atoms with Crippen molar-refractivity contribution in [3.8, 4) is 0 Å². The fraction of sp³-hybridized carbons (Fsp3) is 0.762. The van der Waals surface area contributed by atoms with Crippen molar-refractivity contribution in [2.45, 2.75) is 96.0 Å². The second-order valence-electron chi connectivity index (χ2n) is 6.90. The molecule has 1 heterocycles. The summed E-state index contributed by atoms with van der Waals surface area (Å²) in [5, 5.41) is 8.99. The molecule has 1 saturated heterocycles. The molecule has 0 spiro atoms. The summed E-state index contributed by atoms with van der Waals surface area (Å²) in [4.78, 5) is 11.5. The molecular weight excluding hydrogens is 300 g/mol. The zero-order chi connectivity index (χ0) is 17.5. The number of carbonyl (C=O) groups excluding carboxylic acids is 1. The smallest absolute Gasteiger partial charge is 0.334 e. The van der Waals surface area contributed by atoms with E-state index >= 15 is 0 Å². The van der Waals surface area contributed by atoms with E-state index in [4.69, 9.17) is 9.84 Å². The first-order valence-corrected chi connectivity index (χ1v) is 9.89. The lowest BCUT2D eigenvalue weighted by Crippen LogP contribution is -2.10. The van der Waals surface area contributed by atoms with Crippen molar-refractivity contribution in [1.82, 2.24) is 0 Å². The van der Waals surface area contributed by atoms with Crippen LogP contribution in [-0.4, -0.2) is 23.8 Å². The number of ether oxygens (including phenoxy) is 1. The van der Waals surface area contributed by atoms with Crippen molar-refractivity contribution in [2.75, 3.05) is 6.61 Å². The molecule has 0 amide bonds. The van der Waals surface area contributed by atoms with Crippen LogP contribution in [0.4, 0.5) is 0 Å². The Morgan fingerprint density at radius 1 is 0.917 bits per heavy atom. The average Bonchev–Trinajstić information content (AvgIpc) is 2.95. The van der Waals surface area contributed by atoms with Crippen molar-refractivity contribution in [2.24, 2.45) is 0 Å². The molecule has 1 N–H and O–H groups in total. The van der Waals surface area contributed by atoms with Gasteiger partial charge in [-0.2, -0.15) is 0 Å². The van der Waals surface area contributed by atoms with Crippen molar-refractivity contribution < 1.29 is 14.6 Å². The molecule has 138 valence electrons. The molecule has 1 fully saturated rings. The summed E-state index contributed by atoms with van der Waals surface area (Å²) < 4.78 is 5.03. The molecule has 1 aliphatic heterocycles. The Morgan fingerprint density at radius 2 is 1.42 bits per heavy atom. The summed E-state index contributed by atoms with van der Waals surface area (Å²) in [6.45, 7) is 3.68. The summed E-state index contributed by atoms with van der Waals surface area (Å²) in [6.07, 6.45) is 20.9. The monoisotopic (exact) mass is 336 g/mol. The molecule has 0 unspecified atom stereocenters. The van der Waals surface area contributed by atoms with E-state index in [2.05, 4.69) is 6.58 Å². The number of rotatable bonds is 15. The molecule has 0 bridgehead atoms. The summed E-state index contributed by atoms with van der Waals surface area (Å²) >= 11 is 0. The van der Waals surface area contributed by atoms with Crippen LogP contribution in [0.1, 0.15) is 89.9 Å². The van der Waals surface area contributed by atoms with Crippen molar-refractivity contribution >= 4 is 5.97 Å². The van der Waals surface area contributed by atoms with Crippen molar-refractivity contribution in [1.29, 1.82) is 0 Å². The summed E-state index contributed by atoms with van der Waals surface area (Å²) in [5.41, 5.74) is 0.752. The minimum absolute atomic E-state index is 0.0715. The number of hydrogen-bond donors (Lipinski definition) is 1. The third-order valence-electron chi connectivity index (χ3n) is 4.69. The van der Waals surface area contributed by atoms with Gasteiger partial charge < -0.3 is 9.84 Å². The van der Waals surface area contributed by atoms with E-state index < -0.39 is 0 Å². The van der Waals surface area contributed by atoms with Gasteiger partial charge in [0.1, 0.15) is 6.10 Å². The predicted molar refractivity (Wildman–Crippen MR) is 99.9 cm³/mol. The first-order valence-electron chi connectivity index (χ1n) is 9.89. The molecule has 24 heavy (non-hydrogen) atoms. The fourth-order valence-corrected chi connectivity index (χ4v) is 3.17. The number of allylic oxidation sites excluding steroid dienone is 2. The highest BCUT2D eigenvalue weighted by atomic mass is 16.6. The Morgan fingerprint density at radius 3 is 1.88 bits per heavy atom. The molecule has 0 aromatic carbocycles. The van der Waals surface area contributed by atoms with Crippen molar-refractivity contribution in [3.05, 3.63) is 24.3 Å². The molecule has 0 aliphatic carbocycles. The Balaban J connectivity index is 1.84. The lowest BCUT2D eigenvalue weighted by molar-refractivity contribution is -0.140. The van der Waals surface area contributed by atoms with Crippen LogP contribution in [0.2, 0.25) is 0 Å². The van der Waals surface area contributed by atoms with Crippen LogP contribution >= 0.6 is 0 Å². The van der Waals surface area contributed by atoms with E-state index in [1.165, 1.54) is 70.6 Å². The molecular formula is C21H36O3. The Hall–Kier alpha value is -1.09.